The maximum atomic E-state index is 12.3. The maximum absolute atomic E-state index is 12.3. The first kappa shape index (κ1) is 11.9. The standard InChI is InChI=1S/C14H18N2O/c1-3-8-15-9-12-10(2)16-13-7-5-4-6-11(13)14(12)17/h4-7,15H,3,8-9H2,1-2H3,(H,16,17). The summed E-state index contributed by atoms with van der Waals surface area (Å²) >= 11 is 0. The number of nitrogens with one attached hydrogen (secondary N) is 2. The van der Waals surface area contributed by atoms with E-state index in [0.717, 1.165) is 35.1 Å². The van der Waals surface area contributed by atoms with Crippen molar-refractivity contribution in [1.82, 2.24) is 10.3 Å². The quantitative estimate of drug-likeness (QED) is 0.792. The lowest BCUT2D eigenvalue weighted by Gasteiger charge is -2.08. The zero-order valence-electron chi connectivity index (χ0n) is 10.3. The number of benzene rings is 1. The van der Waals surface area contributed by atoms with Gasteiger partial charge in [-0.2, -0.15) is 0 Å². The molecule has 1 heterocycles. The van der Waals surface area contributed by atoms with Gasteiger partial charge in [-0.15, -0.1) is 0 Å². The normalized spacial score (nSPS) is 10.9. The highest BCUT2D eigenvalue weighted by molar-refractivity contribution is 5.79. The molecule has 0 fully saturated rings. The third-order valence-corrected chi connectivity index (χ3v) is 2.95. The van der Waals surface area contributed by atoms with E-state index in [2.05, 4.69) is 17.2 Å². The summed E-state index contributed by atoms with van der Waals surface area (Å²) in [5, 5.41) is 4.05. The minimum Gasteiger partial charge on any atom is -0.358 e. The molecule has 0 aliphatic rings. The zero-order valence-corrected chi connectivity index (χ0v) is 10.3. The van der Waals surface area contributed by atoms with Gasteiger partial charge < -0.3 is 10.3 Å². The number of fused-ring (bicyclic) bond motifs is 1. The number of hydrogen-bond donors (Lipinski definition) is 2. The van der Waals surface area contributed by atoms with Gasteiger partial charge in [-0.25, -0.2) is 0 Å². The van der Waals surface area contributed by atoms with Gasteiger partial charge in [0.15, 0.2) is 5.43 Å². The molecule has 2 aromatic rings. The molecule has 0 saturated carbocycles. The summed E-state index contributed by atoms with van der Waals surface area (Å²) in [4.78, 5) is 15.6. The molecule has 1 aromatic carbocycles. The Morgan fingerprint density at radius 1 is 1.29 bits per heavy atom. The maximum Gasteiger partial charge on any atom is 0.194 e. The van der Waals surface area contributed by atoms with Crippen LogP contribution in [0, 0.1) is 6.92 Å². The van der Waals surface area contributed by atoms with Crippen molar-refractivity contribution in [3.05, 3.63) is 45.7 Å². The largest absolute Gasteiger partial charge is 0.358 e. The van der Waals surface area contributed by atoms with E-state index >= 15 is 0 Å². The van der Waals surface area contributed by atoms with Crippen LogP contribution in [0.15, 0.2) is 29.1 Å². The molecule has 0 atom stereocenters. The van der Waals surface area contributed by atoms with Crippen LogP contribution in [0.5, 0.6) is 0 Å². The van der Waals surface area contributed by atoms with E-state index in [1.165, 1.54) is 0 Å². The lowest BCUT2D eigenvalue weighted by molar-refractivity contribution is 0.669. The van der Waals surface area contributed by atoms with E-state index in [0.29, 0.717) is 6.54 Å². The zero-order chi connectivity index (χ0) is 12.3. The summed E-state index contributed by atoms with van der Waals surface area (Å²) in [7, 11) is 0. The molecule has 2 rings (SSSR count). The molecule has 0 aliphatic heterocycles. The molecule has 0 amide bonds. The van der Waals surface area contributed by atoms with Crippen molar-refractivity contribution in [2.45, 2.75) is 26.8 Å². The van der Waals surface area contributed by atoms with E-state index in [9.17, 15) is 4.79 Å². The highest BCUT2D eigenvalue weighted by Gasteiger charge is 2.07. The predicted molar refractivity (Wildman–Crippen MR) is 71.3 cm³/mol. The van der Waals surface area contributed by atoms with Gasteiger partial charge >= 0.3 is 0 Å². The fourth-order valence-corrected chi connectivity index (χ4v) is 2.00. The molecule has 17 heavy (non-hydrogen) atoms. The number of rotatable bonds is 4. The smallest absolute Gasteiger partial charge is 0.194 e. The van der Waals surface area contributed by atoms with E-state index in [1.54, 1.807) is 0 Å². The number of H-pyrrole nitrogens is 1. The monoisotopic (exact) mass is 230 g/mol. The number of aromatic amines is 1. The number of hydrogen-bond acceptors (Lipinski definition) is 2. The van der Waals surface area contributed by atoms with Gasteiger partial charge in [0.1, 0.15) is 0 Å². The molecule has 1 aromatic heterocycles. The Morgan fingerprint density at radius 3 is 2.82 bits per heavy atom. The van der Waals surface area contributed by atoms with Gasteiger partial charge in [-0.1, -0.05) is 19.1 Å². The number of para-hydroxylation sites is 1. The molecular formula is C14H18N2O. The first-order valence-corrected chi connectivity index (χ1v) is 6.05. The van der Waals surface area contributed by atoms with Gasteiger partial charge in [-0.3, -0.25) is 4.79 Å². The van der Waals surface area contributed by atoms with E-state index < -0.39 is 0 Å². The van der Waals surface area contributed by atoms with Crippen molar-refractivity contribution in [3.63, 3.8) is 0 Å². The summed E-state index contributed by atoms with van der Waals surface area (Å²) in [5.74, 6) is 0. The van der Waals surface area contributed by atoms with Crippen LogP contribution in [0.3, 0.4) is 0 Å². The third-order valence-electron chi connectivity index (χ3n) is 2.95. The molecule has 0 radical (unpaired) electrons. The number of aryl methyl sites for hydroxylation is 1. The number of pyridine rings is 1. The number of aromatic nitrogens is 1. The molecule has 0 spiro atoms. The van der Waals surface area contributed by atoms with E-state index in [-0.39, 0.29) is 5.43 Å². The van der Waals surface area contributed by atoms with Crippen LogP contribution < -0.4 is 10.7 Å². The van der Waals surface area contributed by atoms with Crippen LogP contribution in [-0.4, -0.2) is 11.5 Å². The van der Waals surface area contributed by atoms with Crippen molar-refractivity contribution in [2.75, 3.05) is 6.54 Å². The van der Waals surface area contributed by atoms with Crippen molar-refractivity contribution in [2.24, 2.45) is 0 Å². The Labute approximate surface area is 101 Å². The second kappa shape index (κ2) is 5.15. The van der Waals surface area contributed by atoms with Crippen LogP contribution in [0.2, 0.25) is 0 Å². The van der Waals surface area contributed by atoms with Crippen molar-refractivity contribution < 1.29 is 0 Å². The Kier molecular flexibility index (Phi) is 3.59. The Bertz CT molecular complexity index is 572. The van der Waals surface area contributed by atoms with Crippen LogP contribution in [-0.2, 0) is 6.54 Å². The minimum absolute atomic E-state index is 0.139. The Balaban J connectivity index is 2.45. The summed E-state index contributed by atoms with van der Waals surface area (Å²) in [6.07, 6.45) is 1.07. The first-order chi connectivity index (χ1) is 8.24. The lowest BCUT2D eigenvalue weighted by atomic mass is 10.1. The van der Waals surface area contributed by atoms with Crippen LogP contribution >= 0.6 is 0 Å². The summed E-state index contributed by atoms with van der Waals surface area (Å²) in [6, 6.07) is 7.65. The minimum atomic E-state index is 0.139. The molecule has 0 saturated heterocycles. The molecular weight excluding hydrogens is 212 g/mol. The average Bonchev–Trinajstić information content (AvgIpc) is 2.33. The molecule has 0 bridgehead atoms. The van der Waals surface area contributed by atoms with Crippen molar-refractivity contribution in [3.8, 4) is 0 Å². The predicted octanol–water partition coefficient (Wildman–Crippen LogP) is 2.34. The fourth-order valence-electron chi connectivity index (χ4n) is 2.00. The van der Waals surface area contributed by atoms with Crippen LogP contribution in [0.1, 0.15) is 24.6 Å². The van der Waals surface area contributed by atoms with Gasteiger partial charge in [0, 0.05) is 28.7 Å². The summed E-state index contributed by atoms with van der Waals surface area (Å²) < 4.78 is 0. The SMILES string of the molecule is CCCNCc1c(C)[nH]c2ccccc2c1=O. The van der Waals surface area contributed by atoms with Gasteiger partial charge in [-0.05, 0) is 32.0 Å². The second-order valence-corrected chi connectivity index (χ2v) is 4.28. The molecule has 2 N–H and O–H groups in total. The molecule has 90 valence electrons. The first-order valence-electron chi connectivity index (χ1n) is 6.05. The topological polar surface area (TPSA) is 44.9 Å². The van der Waals surface area contributed by atoms with E-state index in [4.69, 9.17) is 0 Å². The average molecular weight is 230 g/mol. The molecule has 3 nitrogen and oxygen atoms in total. The van der Waals surface area contributed by atoms with Gasteiger partial charge in [0.25, 0.3) is 0 Å². The van der Waals surface area contributed by atoms with Gasteiger partial charge in [0.2, 0.25) is 0 Å². The highest BCUT2D eigenvalue weighted by Crippen LogP contribution is 2.10. The van der Waals surface area contributed by atoms with Crippen LogP contribution in [0.4, 0.5) is 0 Å². The van der Waals surface area contributed by atoms with Crippen molar-refractivity contribution in [1.29, 1.82) is 0 Å². The van der Waals surface area contributed by atoms with Crippen LogP contribution in [0.25, 0.3) is 10.9 Å². The fraction of sp³-hybridized carbons (Fsp3) is 0.357. The summed E-state index contributed by atoms with van der Waals surface area (Å²) in [5.41, 5.74) is 2.85. The molecule has 0 unspecified atom stereocenters. The highest BCUT2D eigenvalue weighted by atomic mass is 16.1. The second-order valence-electron chi connectivity index (χ2n) is 4.28. The van der Waals surface area contributed by atoms with E-state index in [1.807, 2.05) is 31.2 Å². The lowest BCUT2D eigenvalue weighted by Crippen LogP contribution is -2.22. The van der Waals surface area contributed by atoms with Gasteiger partial charge in [0.05, 0.1) is 0 Å². The Hall–Kier alpha value is -1.61. The Morgan fingerprint density at radius 2 is 2.06 bits per heavy atom. The third kappa shape index (κ3) is 2.39. The van der Waals surface area contributed by atoms with Crippen molar-refractivity contribution >= 4 is 10.9 Å². The molecule has 0 aliphatic carbocycles. The molecule has 3 heteroatoms. The summed E-state index contributed by atoms with van der Waals surface area (Å²) in [6.45, 7) is 5.65.